The predicted molar refractivity (Wildman–Crippen MR) is 86.5 cm³/mol. The van der Waals surface area contributed by atoms with Gasteiger partial charge < -0.3 is 9.84 Å². The smallest absolute Gasteiger partial charge is 0.115 e. The Hall–Kier alpha value is -1.80. The number of benzene rings is 2. The van der Waals surface area contributed by atoms with Gasteiger partial charge in [0.2, 0.25) is 0 Å². The third-order valence-corrected chi connectivity index (χ3v) is 3.58. The number of aromatic hydroxyl groups is 1. The summed E-state index contributed by atoms with van der Waals surface area (Å²) in [6, 6.07) is 17.5. The molecule has 2 nitrogen and oxygen atoms in total. The van der Waals surface area contributed by atoms with Crippen LogP contribution in [0.1, 0.15) is 49.8 Å². The molecule has 0 saturated heterocycles. The van der Waals surface area contributed by atoms with E-state index in [0.717, 1.165) is 24.2 Å². The van der Waals surface area contributed by atoms with Crippen LogP contribution in [0.25, 0.3) is 0 Å². The minimum absolute atomic E-state index is 0.0616. The van der Waals surface area contributed by atoms with E-state index in [0.29, 0.717) is 0 Å². The average molecular weight is 284 g/mol. The van der Waals surface area contributed by atoms with Crippen LogP contribution in [0.4, 0.5) is 0 Å². The van der Waals surface area contributed by atoms with Crippen LogP contribution in [-0.4, -0.2) is 11.7 Å². The van der Waals surface area contributed by atoms with Crippen molar-refractivity contribution < 1.29 is 9.84 Å². The van der Waals surface area contributed by atoms with E-state index in [-0.39, 0.29) is 11.9 Å². The van der Waals surface area contributed by atoms with Gasteiger partial charge in [-0.25, -0.2) is 0 Å². The highest BCUT2D eigenvalue weighted by Crippen LogP contribution is 2.27. The molecule has 2 heteroatoms. The fourth-order valence-electron chi connectivity index (χ4n) is 2.39. The fraction of sp³-hybridized carbons (Fsp3) is 0.368. The van der Waals surface area contributed by atoms with Crippen LogP contribution < -0.4 is 0 Å². The van der Waals surface area contributed by atoms with Gasteiger partial charge in [-0.3, -0.25) is 0 Å². The zero-order valence-corrected chi connectivity index (χ0v) is 12.7. The van der Waals surface area contributed by atoms with Crippen LogP contribution in [0.3, 0.4) is 0 Å². The lowest BCUT2D eigenvalue weighted by Gasteiger charge is -2.19. The molecule has 0 heterocycles. The van der Waals surface area contributed by atoms with E-state index in [1.165, 1.54) is 19.3 Å². The predicted octanol–water partition coefficient (Wildman–Crippen LogP) is 5.08. The maximum atomic E-state index is 9.44. The summed E-state index contributed by atoms with van der Waals surface area (Å²) in [6.07, 6.45) is 4.75. The molecule has 0 radical (unpaired) electrons. The van der Waals surface area contributed by atoms with Crippen molar-refractivity contribution in [2.75, 3.05) is 6.61 Å². The maximum Gasteiger partial charge on any atom is 0.115 e. The van der Waals surface area contributed by atoms with E-state index < -0.39 is 0 Å². The monoisotopic (exact) mass is 284 g/mol. The molecule has 0 bridgehead atoms. The Kier molecular flexibility index (Phi) is 6.29. The van der Waals surface area contributed by atoms with Crippen LogP contribution in [0, 0.1) is 0 Å². The molecule has 0 aromatic heterocycles. The van der Waals surface area contributed by atoms with E-state index in [2.05, 4.69) is 19.1 Å². The molecule has 2 aromatic carbocycles. The normalized spacial score (nSPS) is 12.2. The quantitative estimate of drug-likeness (QED) is 0.685. The van der Waals surface area contributed by atoms with E-state index in [9.17, 15) is 5.11 Å². The van der Waals surface area contributed by atoms with E-state index >= 15 is 0 Å². The molecule has 1 N–H and O–H groups in total. The van der Waals surface area contributed by atoms with E-state index in [1.54, 1.807) is 12.1 Å². The van der Waals surface area contributed by atoms with Gasteiger partial charge in [0.1, 0.15) is 11.9 Å². The number of hydrogen-bond acceptors (Lipinski definition) is 2. The number of unbranched alkanes of at least 4 members (excludes halogenated alkanes) is 3. The van der Waals surface area contributed by atoms with Crippen LogP contribution in [-0.2, 0) is 4.74 Å². The number of rotatable bonds is 8. The van der Waals surface area contributed by atoms with Gasteiger partial charge in [-0.15, -0.1) is 0 Å². The molecule has 1 atom stereocenters. The molecule has 112 valence electrons. The molecular weight excluding hydrogens is 260 g/mol. The van der Waals surface area contributed by atoms with Crippen LogP contribution in [0.5, 0.6) is 5.75 Å². The molecule has 1 unspecified atom stereocenters. The van der Waals surface area contributed by atoms with Crippen molar-refractivity contribution >= 4 is 0 Å². The highest BCUT2D eigenvalue weighted by molar-refractivity contribution is 5.33. The zero-order chi connectivity index (χ0) is 14.9. The van der Waals surface area contributed by atoms with E-state index in [4.69, 9.17) is 4.74 Å². The van der Waals surface area contributed by atoms with Crippen LogP contribution in [0.2, 0.25) is 0 Å². The molecule has 2 aromatic rings. The van der Waals surface area contributed by atoms with Crippen LogP contribution in [0.15, 0.2) is 54.6 Å². The zero-order valence-electron chi connectivity index (χ0n) is 12.7. The Morgan fingerprint density at radius 2 is 1.52 bits per heavy atom. The highest BCUT2D eigenvalue weighted by atomic mass is 16.5. The largest absolute Gasteiger partial charge is 0.508 e. The van der Waals surface area contributed by atoms with Crippen molar-refractivity contribution in [3.63, 3.8) is 0 Å². The highest BCUT2D eigenvalue weighted by Gasteiger charge is 2.14. The molecule has 21 heavy (non-hydrogen) atoms. The Balaban J connectivity index is 2.06. The number of hydrogen-bond donors (Lipinski definition) is 1. The summed E-state index contributed by atoms with van der Waals surface area (Å²) in [5.41, 5.74) is 2.23. The average Bonchev–Trinajstić information content (AvgIpc) is 2.53. The fourth-order valence-corrected chi connectivity index (χ4v) is 2.39. The summed E-state index contributed by atoms with van der Waals surface area (Å²) in [6.45, 7) is 2.98. The first-order valence-electron chi connectivity index (χ1n) is 7.76. The Morgan fingerprint density at radius 1 is 0.857 bits per heavy atom. The van der Waals surface area contributed by atoms with Crippen molar-refractivity contribution in [2.45, 2.75) is 38.7 Å². The van der Waals surface area contributed by atoms with E-state index in [1.807, 2.05) is 30.3 Å². The summed E-state index contributed by atoms with van der Waals surface area (Å²) >= 11 is 0. The van der Waals surface area contributed by atoms with Gasteiger partial charge in [-0.2, -0.15) is 0 Å². The second-order valence-electron chi connectivity index (χ2n) is 5.31. The first kappa shape index (κ1) is 15.6. The van der Waals surface area contributed by atoms with Gasteiger partial charge in [0, 0.05) is 6.61 Å². The molecule has 0 fully saturated rings. The van der Waals surface area contributed by atoms with Gasteiger partial charge >= 0.3 is 0 Å². The van der Waals surface area contributed by atoms with Gasteiger partial charge in [0.15, 0.2) is 0 Å². The number of phenols is 1. The summed E-state index contributed by atoms with van der Waals surface area (Å²) in [4.78, 5) is 0. The minimum Gasteiger partial charge on any atom is -0.508 e. The summed E-state index contributed by atoms with van der Waals surface area (Å²) in [7, 11) is 0. The lowest BCUT2D eigenvalue weighted by Crippen LogP contribution is -2.07. The molecular formula is C19H24O2. The number of phenolic OH excluding ortho intramolecular Hbond substituents is 1. The van der Waals surface area contributed by atoms with Crippen molar-refractivity contribution in [1.29, 1.82) is 0 Å². The first-order chi connectivity index (χ1) is 10.3. The van der Waals surface area contributed by atoms with Crippen molar-refractivity contribution in [2.24, 2.45) is 0 Å². The third kappa shape index (κ3) is 4.91. The first-order valence-corrected chi connectivity index (χ1v) is 7.76. The minimum atomic E-state index is -0.0616. The summed E-state index contributed by atoms with van der Waals surface area (Å²) < 4.78 is 6.12. The van der Waals surface area contributed by atoms with Gasteiger partial charge in [-0.05, 0) is 29.7 Å². The Morgan fingerprint density at radius 3 is 2.19 bits per heavy atom. The SMILES string of the molecule is CCCCCCOC(c1ccccc1)c1ccc(O)cc1. The van der Waals surface area contributed by atoms with Crippen molar-refractivity contribution in [3.05, 3.63) is 65.7 Å². The second-order valence-corrected chi connectivity index (χ2v) is 5.31. The molecule has 2 rings (SSSR count). The molecule has 0 aliphatic heterocycles. The molecule has 0 aliphatic rings. The molecule has 0 aliphatic carbocycles. The van der Waals surface area contributed by atoms with Gasteiger partial charge in [-0.1, -0.05) is 68.7 Å². The Bertz CT molecular complexity index is 505. The number of ether oxygens (including phenoxy) is 1. The summed E-state index contributed by atoms with van der Waals surface area (Å²) in [5, 5.41) is 9.44. The standard InChI is InChI=1S/C19H24O2/c1-2-3-4-8-15-21-19(16-9-6-5-7-10-16)17-11-13-18(20)14-12-17/h5-7,9-14,19-20H,2-4,8,15H2,1H3. The van der Waals surface area contributed by atoms with Crippen LogP contribution >= 0.6 is 0 Å². The third-order valence-electron chi connectivity index (χ3n) is 3.58. The molecule has 0 spiro atoms. The maximum absolute atomic E-state index is 9.44. The van der Waals surface area contributed by atoms with Crippen molar-refractivity contribution in [1.82, 2.24) is 0 Å². The van der Waals surface area contributed by atoms with Gasteiger partial charge in [0.25, 0.3) is 0 Å². The van der Waals surface area contributed by atoms with Gasteiger partial charge in [0.05, 0.1) is 0 Å². The molecule has 0 saturated carbocycles. The Labute approximate surface area is 127 Å². The lowest BCUT2D eigenvalue weighted by atomic mass is 10.0. The second kappa shape index (κ2) is 8.48. The lowest BCUT2D eigenvalue weighted by molar-refractivity contribution is 0.0768. The molecule has 0 amide bonds. The van der Waals surface area contributed by atoms with Crippen molar-refractivity contribution in [3.8, 4) is 5.75 Å². The summed E-state index contributed by atoms with van der Waals surface area (Å²) in [5.74, 6) is 0.286. The topological polar surface area (TPSA) is 29.5 Å².